The number of methoxy groups -OCH3 is 1. The van der Waals surface area contributed by atoms with E-state index in [0.717, 1.165) is 6.08 Å². The molecule has 2 bridgehead atoms. The molecule has 2 heterocycles. The highest BCUT2D eigenvalue weighted by Crippen LogP contribution is 2.62. The number of likely N-dealkylation sites (N-methyl/N-ethyl adjacent to an activating group) is 1. The minimum absolute atomic E-state index is 0.0667. The zero-order valence-corrected chi connectivity index (χ0v) is 12.1. The predicted octanol–water partition coefficient (Wildman–Crippen LogP) is 1.50. The van der Waals surface area contributed by atoms with E-state index in [-0.39, 0.29) is 24.6 Å². The van der Waals surface area contributed by atoms with Crippen LogP contribution in [-0.2, 0) is 11.8 Å². The molecule has 1 N–H and O–H groups in total. The van der Waals surface area contributed by atoms with E-state index in [1.165, 1.54) is 0 Å². The molecule has 5 rings (SSSR count). The lowest BCUT2D eigenvalue weighted by molar-refractivity contribution is -0.0453. The van der Waals surface area contributed by atoms with Crippen molar-refractivity contribution in [2.75, 3.05) is 20.6 Å². The molecule has 1 spiro atoms. The topological polar surface area (TPSA) is 41.9 Å². The quantitative estimate of drug-likeness (QED) is 0.799. The van der Waals surface area contributed by atoms with Crippen molar-refractivity contribution < 1.29 is 25.5 Å². The first-order valence-corrected chi connectivity index (χ1v) is 7.37. The zero-order chi connectivity index (χ0) is 22.1. The van der Waals surface area contributed by atoms with Crippen molar-refractivity contribution in [2.24, 2.45) is 5.92 Å². The summed E-state index contributed by atoms with van der Waals surface area (Å²) in [5, 5.41) is 10.9. The maximum Gasteiger partial charge on any atom is 0.165 e. The zero-order valence-electron chi connectivity index (χ0n) is 20.1. The second-order valence-corrected chi connectivity index (χ2v) is 6.33. The molecule has 0 aromatic heterocycles. The molecule has 0 saturated carbocycles. The number of nitrogens with zero attached hydrogens (tertiary/aromatic N) is 1. The molecular weight excluding hydrogens is 278 g/mol. The standard InChI is InChI=1S/C18H21NO3/c1-19-8-7-18-11-4-5-13(20)17(18)22-16-14(21-2)6-3-10(15(16)18)9-12(11)19/h3-6,11-13,17,20H,7-9H2,1-2H3/t11-,12+,13?,17?,18-/m0/s1/i2D3,3D,6D,12D,13D,17D. The molecule has 2 unspecified atom stereocenters. The highest BCUT2D eigenvalue weighted by molar-refractivity contribution is 5.62. The molecule has 116 valence electrons. The third-order valence-corrected chi connectivity index (χ3v) is 5.48. The average molecular weight is 307 g/mol. The van der Waals surface area contributed by atoms with Crippen LogP contribution in [0.4, 0.5) is 0 Å². The van der Waals surface area contributed by atoms with E-state index < -0.39 is 48.3 Å². The highest BCUT2D eigenvalue weighted by Gasteiger charge is 2.64. The summed E-state index contributed by atoms with van der Waals surface area (Å²) >= 11 is 0. The minimum Gasteiger partial charge on any atom is -0.493 e. The number of hydrogen-bond donors (Lipinski definition) is 1. The fourth-order valence-electron chi connectivity index (χ4n) is 4.53. The Kier molecular flexibility index (Phi) is 1.36. The molecule has 0 radical (unpaired) electrons. The van der Waals surface area contributed by atoms with Crippen LogP contribution in [0.5, 0.6) is 11.5 Å². The largest absolute Gasteiger partial charge is 0.493 e. The summed E-state index contributed by atoms with van der Waals surface area (Å²) in [6.07, 6.45) is -1.74. The van der Waals surface area contributed by atoms with Crippen molar-refractivity contribution in [1.82, 2.24) is 4.90 Å². The Hall–Kier alpha value is -1.52. The third kappa shape index (κ3) is 1.28. The molecule has 1 saturated heterocycles. The van der Waals surface area contributed by atoms with E-state index in [1.54, 1.807) is 13.1 Å². The van der Waals surface area contributed by atoms with Gasteiger partial charge in [0.15, 0.2) is 11.5 Å². The molecule has 0 amide bonds. The van der Waals surface area contributed by atoms with Crippen LogP contribution in [0.2, 0.25) is 0 Å². The lowest BCUT2D eigenvalue weighted by Crippen LogP contribution is -2.64. The molecule has 1 fully saturated rings. The average Bonchev–Trinajstić information content (AvgIpc) is 2.90. The molecule has 2 aliphatic heterocycles. The van der Waals surface area contributed by atoms with Crippen molar-refractivity contribution in [2.45, 2.75) is 36.4 Å². The first-order chi connectivity index (χ1) is 13.7. The lowest BCUT2D eigenvalue weighted by Gasteiger charge is -2.56. The van der Waals surface area contributed by atoms with E-state index in [0.29, 0.717) is 17.7 Å². The van der Waals surface area contributed by atoms with Gasteiger partial charge in [-0.2, -0.15) is 0 Å². The maximum absolute atomic E-state index is 10.9. The number of piperidine rings is 1. The van der Waals surface area contributed by atoms with Crippen LogP contribution in [0.1, 0.15) is 28.5 Å². The van der Waals surface area contributed by atoms with E-state index in [4.69, 9.17) is 19.1 Å². The fourth-order valence-corrected chi connectivity index (χ4v) is 4.53. The van der Waals surface area contributed by atoms with Crippen LogP contribution in [0.3, 0.4) is 0 Å². The van der Waals surface area contributed by atoms with Gasteiger partial charge in [-0.25, -0.2) is 0 Å². The number of likely N-dealkylation sites (tertiary alicyclic amines) is 1. The van der Waals surface area contributed by atoms with Crippen LogP contribution in [-0.4, -0.2) is 48.8 Å². The van der Waals surface area contributed by atoms with Gasteiger partial charge in [0.05, 0.1) is 16.6 Å². The summed E-state index contributed by atoms with van der Waals surface area (Å²) in [4.78, 5) is 1.82. The Bertz CT molecular complexity index is 1010. The van der Waals surface area contributed by atoms with E-state index in [2.05, 4.69) is 0 Å². The Labute approximate surface area is 141 Å². The number of aliphatic hydroxyl groups is 1. The predicted molar refractivity (Wildman–Crippen MR) is 82.5 cm³/mol. The number of ether oxygens (including phenoxy) is 2. The molecule has 4 nitrogen and oxygen atoms in total. The molecule has 4 heteroatoms. The molecule has 2 aliphatic carbocycles. The summed E-state index contributed by atoms with van der Waals surface area (Å²) in [6, 6.07) is -2.07. The molecule has 5 atom stereocenters. The first kappa shape index (κ1) is 7.37. The van der Waals surface area contributed by atoms with E-state index in [9.17, 15) is 6.48 Å². The van der Waals surface area contributed by atoms with Crippen LogP contribution in [0.15, 0.2) is 24.2 Å². The summed E-state index contributed by atoms with van der Waals surface area (Å²) in [6.45, 7) is 0.387. The second kappa shape index (κ2) is 4.06. The van der Waals surface area contributed by atoms with Gasteiger partial charge in [0.1, 0.15) is 12.2 Å². The van der Waals surface area contributed by atoms with Gasteiger partial charge in [0, 0.05) is 24.3 Å². The number of hydrogen-bond acceptors (Lipinski definition) is 4. The highest BCUT2D eigenvalue weighted by atomic mass is 16.5. The molecule has 1 aromatic carbocycles. The van der Waals surface area contributed by atoms with Gasteiger partial charge in [-0.05, 0) is 38.0 Å². The molecule has 1 aromatic rings. The van der Waals surface area contributed by atoms with Gasteiger partial charge in [-0.15, -0.1) is 0 Å². The molecule has 4 aliphatic rings. The number of benzene rings is 1. The van der Waals surface area contributed by atoms with Gasteiger partial charge < -0.3 is 19.5 Å². The molecule has 22 heavy (non-hydrogen) atoms. The Morgan fingerprint density at radius 1 is 1.55 bits per heavy atom. The lowest BCUT2D eigenvalue weighted by atomic mass is 9.53. The third-order valence-electron chi connectivity index (χ3n) is 5.48. The second-order valence-electron chi connectivity index (χ2n) is 6.33. The van der Waals surface area contributed by atoms with Crippen LogP contribution in [0.25, 0.3) is 0 Å². The monoisotopic (exact) mass is 307 g/mol. The Morgan fingerprint density at radius 3 is 3.32 bits per heavy atom. The van der Waals surface area contributed by atoms with Crippen molar-refractivity contribution in [3.63, 3.8) is 0 Å². The van der Waals surface area contributed by atoms with Crippen molar-refractivity contribution in [1.29, 1.82) is 0 Å². The summed E-state index contributed by atoms with van der Waals surface area (Å²) in [7, 11) is -1.15. The van der Waals surface area contributed by atoms with Gasteiger partial charge in [0.2, 0.25) is 0 Å². The van der Waals surface area contributed by atoms with Crippen molar-refractivity contribution in [3.05, 3.63) is 35.4 Å². The van der Waals surface area contributed by atoms with Gasteiger partial charge >= 0.3 is 0 Å². The Balaban J connectivity index is 1.91. The van der Waals surface area contributed by atoms with Gasteiger partial charge in [-0.1, -0.05) is 18.2 Å². The fraction of sp³-hybridized carbons (Fsp3) is 0.556. The summed E-state index contributed by atoms with van der Waals surface area (Å²) in [5.41, 5.74) is -0.717. The SMILES string of the molecule is [2H]c1c([2H])c(OC([2H])([2H])[2H])c2c3c1C[C@]1([2H])[C@@H]4C=CC([2H])(O)C([2H])(O2)[C@]34CCN1C. The van der Waals surface area contributed by atoms with Crippen LogP contribution < -0.4 is 9.47 Å². The van der Waals surface area contributed by atoms with Crippen LogP contribution >= 0.6 is 0 Å². The minimum atomic E-state index is -2.92. The van der Waals surface area contributed by atoms with Gasteiger partial charge in [0.25, 0.3) is 0 Å². The number of rotatable bonds is 1. The molecular formula is C18H21NO3. The maximum atomic E-state index is 10.9. The van der Waals surface area contributed by atoms with Gasteiger partial charge in [-0.3, -0.25) is 0 Å². The van der Waals surface area contributed by atoms with E-state index >= 15 is 0 Å². The summed E-state index contributed by atoms with van der Waals surface area (Å²) < 4.78 is 77.0. The van der Waals surface area contributed by atoms with E-state index in [1.807, 2.05) is 4.90 Å². The normalized spacial score (nSPS) is 56.9. The smallest absolute Gasteiger partial charge is 0.165 e. The van der Waals surface area contributed by atoms with Crippen molar-refractivity contribution in [3.8, 4) is 11.5 Å². The Morgan fingerprint density at radius 2 is 2.45 bits per heavy atom. The van der Waals surface area contributed by atoms with Crippen molar-refractivity contribution >= 4 is 0 Å². The van der Waals surface area contributed by atoms with Crippen LogP contribution in [0, 0.1) is 5.92 Å². The summed E-state index contributed by atoms with van der Waals surface area (Å²) in [5.74, 6) is -1.31. The first-order valence-electron chi connectivity index (χ1n) is 11.4.